The molecule has 3 aromatic carbocycles. The van der Waals surface area contributed by atoms with E-state index in [-0.39, 0.29) is 21.7 Å². The first-order valence-corrected chi connectivity index (χ1v) is 12.3. The van der Waals surface area contributed by atoms with Crippen LogP contribution in [0.3, 0.4) is 0 Å². The predicted octanol–water partition coefficient (Wildman–Crippen LogP) is 6.50. The van der Waals surface area contributed by atoms with Crippen LogP contribution in [-0.2, 0) is 10.1 Å². The molecule has 5 rings (SSSR count). The van der Waals surface area contributed by atoms with E-state index < -0.39 is 21.8 Å². The van der Waals surface area contributed by atoms with Gasteiger partial charge in [0, 0.05) is 6.20 Å². The molecular formula is C28H18F2N2O3S. The van der Waals surface area contributed by atoms with Crippen molar-refractivity contribution in [1.29, 1.82) is 5.26 Å². The zero-order valence-corrected chi connectivity index (χ0v) is 19.8. The van der Waals surface area contributed by atoms with Crippen LogP contribution in [0.2, 0.25) is 0 Å². The first-order valence-electron chi connectivity index (χ1n) is 10.9. The summed E-state index contributed by atoms with van der Waals surface area (Å²) in [5.41, 5.74) is 3.04. The van der Waals surface area contributed by atoms with Gasteiger partial charge in [-0.15, -0.1) is 0 Å². The van der Waals surface area contributed by atoms with Crippen LogP contribution in [0.25, 0.3) is 27.9 Å². The highest BCUT2D eigenvalue weighted by atomic mass is 32.2. The molecule has 0 radical (unpaired) electrons. The number of aromatic nitrogens is 1. The van der Waals surface area contributed by atoms with E-state index >= 15 is 0 Å². The van der Waals surface area contributed by atoms with Crippen LogP contribution in [0, 0.1) is 29.9 Å². The average Bonchev–Trinajstić information content (AvgIpc) is 3.19. The molecule has 0 amide bonds. The van der Waals surface area contributed by atoms with Crippen LogP contribution in [0.4, 0.5) is 8.78 Å². The number of hydrogen-bond acceptors (Lipinski definition) is 4. The molecule has 0 spiro atoms. The third-order valence-corrected chi connectivity index (χ3v) is 7.02. The van der Waals surface area contributed by atoms with Crippen molar-refractivity contribution in [2.45, 2.75) is 11.8 Å². The number of benzene rings is 3. The minimum atomic E-state index is -4.32. The van der Waals surface area contributed by atoms with Crippen molar-refractivity contribution >= 4 is 15.6 Å². The minimum Gasteiger partial charge on any atom is -0.376 e. The number of pyridine rings is 1. The predicted molar refractivity (Wildman–Crippen MR) is 132 cm³/mol. The number of halogens is 2. The van der Waals surface area contributed by atoms with Gasteiger partial charge in [0.05, 0.1) is 16.8 Å². The number of nitriles is 1. The largest absolute Gasteiger partial charge is 0.376 e. The van der Waals surface area contributed by atoms with Crippen molar-refractivity contribution < 1.29 is 21.4 Å². The molecule has 36 heavy (non-hydrogen) atoms. The van der Waals surface area contributed by atoms with Crippen LogP contribution < -0.4 is 4.18 Å². The normalized spacial score (nSPS) is 11.4. The van der Waals surface area contributed by atoms with E-state index in [4.69, 9.17) is 4.18 Å². The summed E-state index contributed by atoms with van der Waals surface area (Å²) >= 11 is 0. The summed E-state index contributed by atoms with van der Waals surface area (Å²) in [4.78, 5) is -0.0599. The lowest BCUT2D eigenvalue weighted by Gasteiger charge is -2.11. The van der Waals surface area contributed by atoms with E-state index in [0.29, 0.717) is 22.4 Å². The molecule has 0 unspecified atom stereocenters. The van der Waals surface area contributed by atoms with Gasteiger partial charge in [0.1, 0.15) is 28.1 Å². The SMILES string of the molecule is Cc1ccc(S(=O)(=O)Oc2c(-c3ccc(F)cc3)c(-c3ccc(F)cc3)n3cccc(C#N)c23)cc1. The standard InChI is InChI=1S/C28H18F2N2O3S/c1-18-4-14-24(15-5-18)36(33,34)35-28-25(19-6-10-22(29)11-7-19)26(20-8-12-23(30)13-9-20)32-16-2-3-21(17-31)27(28)32/h2-16H,1H3. The summed E-state index contributed by atoms with van der Waals surface area (Å²) in [5.74, 6) is -1.00. The maximum absolute atomic E-state index is 13.8. The van der Waals surface area contributed by atoms with Crippen LogP contribution in [0.5, 0.6) is 5.75 Å². The maximum atomic E-state index is 13.8. The van der Waals surface area contributed by atoms with Crippen molar-refractivity contribution in [2.24, 2.45) is 0 Å². The lowest BCUT2D eigenvalue weighted by molar-refractivity contribution is 0.489. The van der Waals surface area contributed by atoms with Gasteiger partial charge in [-0.05, 0) is 78.7 Å². The maximum Gasteiger partial charge on any atom is 0.339 e. The highest BCUT2D eigenvalue weighted by Crippen LogP contribution is 2.46. The van der Waals surface area contributed by atoms with Crippen LogP contribution >= 0.6 is 0 Å². The van der Waals surface area contributed by atoms with Crippen molar-refractivity contribution in [3.05, 3.63) is 114 Å². The first kappa shape index (κ1) is 23.3. The van der Waals surface area contributed by atoms with E-state index in [1.807, 2.05) is 6.92 Å². The average molecular weight is 501 g/mol. The molecule has 5 nitrogen and oxygen atoms in total. The molecule has 0 aliphatic rings. The van der Waals surface area contributed by atoms with Gasteiger partial charge >= 0.3 is 10.1 Å². The fourth-order valence-electron chi connectivity index (χ4n) is 4.08. The van der Waals surface area contributed by atoms with Gasteiger partial charge < -0.3 is 8.58 Å². The summed E-state index contributed by atoms with van der Waals surface area (Å²) in [6.45, 7) is 1.83. The zero-order valence-electron chi connectivity index (χ0n) is 18.9. The third kappa shape index (κ3) is 4.10. The van der Waals surface area contributed by atoms with Gasteiger partial charge in [-0.2, -0.15) is 13.7 Å². The summed E-state index contributed by atoms with van der Waals surface area (Å²) in [6, 6.07) is 22.6. The molecule has 0 atom stereocenters. The molecule has 0 saturated carbocycles. The van der Waals surface area contributed by atoms with Crippen LogP contribution in [0.15, 0.2) is 96.0 Å². The Balaban J connectivity index is 1.87. The summed E-state index contributed by atoms with van der Waals surface area (Å²) < 4.78 is 61.7. The molecule has 0 N–H and O–H groups in total. The van der Waals surface area contributed by atoms with E-state index in [9.17, 15) is 22.5 Å². The second-order valence-electron chi connectivity index (χ2n) is 8.17. The Kier molecular flexibility index (Phi) is 5.78. The molecule has 0 aliphatic heterocycles. The highest BCUT2D eigenvalue weighted by Gasteiger charge is 2.29. The third-order valence-electron chi connectivity index (χ3n) is 5.79. The fourth-order valence-corrected chi connectivity index (χ4v) is 5.03. The van der Waals surface area contributed by atoms with Crippen LogP contribution in [0.1, 0.15) is 11.1 Å². The molecular weight excluding hydrogens is 482 g/mol. The van der Waals surface area contributed by atoms with Gasteiger partial charge in [-0.1, -0.05) is 29.8 Å². The Morgan fingerprint density at radius 1 is 0.833 bits per heavy atom. The van der Waals surface area contributed by atoms with Gasteiger partial charge in [0.2, 0.25) is 0 Å². The number of fused-ring (bicyclic) bond motifs is 1. The van der Waals surface area contributed by atoms with Gasteiger partial charge in [-0.3, -0.25) is 0 Å². The van der Waals surface area contributed by atoms with Crippen molar-refractivity contribution in [3.63, 3.8) is 0 Å². The lowest BCUT2D eigenvalue weighted by Crippen LogP contribution is -2.10. The Morgan fingerprint density at radius 3 is 2.00 bits per heavy atom. The lowest BCUT2D eigenvalue weighted by atomic mass is 10.0. The summed E-state index contributed by atoms with van der Waals surface area (Å²) in [6.07, 6.45) is 1.66. The van der Waals surface area contributed by atoms with E-state index in [1.54, 1.807) is 47.0 Å². The Bertz CT molecular complexity index is 1740. The number of rotatable bonds is 5. The highest BCUT2D eigenvalue weighted by molar-refractivity contribution is 7.87. The van der Waals surface area contributed by atoms with E-state index in [1.165, 1.54) is 48.5 Å². The number of nitrogens with zero attached hydrogens (tertiary/aromatic N) is 2. The van der Waals surface area contributed by atoms with E-state index in [2.05, 4.69) is 6.07 Å². The smallest absolute Gasteiger partial charge is 0.339 e. The Labute approximate surface area is 206 Å². The van der Waals surface area contributed by atoms with Crippen molar-refractivity contribution in [2.75, 3.05) is 0 Å². The topological polar surface area (TPSA) is 71.6 Å². The molecule has 0 saturated heterocycles. The quantitative estimate of drug-likeness (QED) is 0.258. The molecule has 0 aliphatic carbocycles. The molecule has 0 fully saturated rings. The Morgan fingerprint density at radius 2 is 1.42 bits per heavy atom. The molecule has 2 aromatic heterocycles. The van der Waals surface area contributed by atoms with Crippen molar-refractivity contribution in [1.82, 2.24) is 4.40 Å². The van der Waals surface area contributed by atoms with Gasteiger partial charge in [0.15, 0.2) is 5.75 Å². The zero-order chi connectivity index (χ0) is 25.4. The summed E-state index contributed by atoms with van der Waals surface area (Å²) in [7, 11) is -4.32. The molecule has 178 valence electrons. The molecule has 2 heterocycles. The Hall–Kier alpha value is -4.48. The number of hydrogen-bond donors (Lipinski definition) is 0. The second kappa shape index (κ2) is 8.95. The molecule has 8 heteroatoms. The number of aryl methyl sites for hydroxylation is 1. The molecule has 0 bridgehead atoms. The minimum absolute atomic E-state index is 0.0599. The first-order chi connectivity index (χ1) is 17.3. The van der Waals surface area contributed by atoms with Gasteiger partial charge in [-0.25, -0.2) is 8.78 Å². The second-order valence-corrected chi connectivity index (χ2v) is 9.72. The van der Waals surface area contributed by atoms with Crippen LogP contribution in [-0.4, -0.2) is 12.8 Å². The van der Waals surface area contributed by atoms with Crippen molar-refractivity contribution in [3.8, 4) is 34.2 Å². The van der Waals surface area contributed by atoms with E-state index in [0.717, 1.165) is 5.56 Å². The summed E-state index contributed by atoms with van der Waals surface area (Å²) in [5, 5.41) is 9.85. The van der Waals surface area contributed by atoms with Gasteiger partial charge in [0.25, 0.3) is 0 Å². The monoisotopic (exact) mass is 500 g/mol. The fraction of sp³-hybridized carbons (Fsp3) is 0.0357. The molecule has 5 aromatic rings.